The van der Waals surface area contributed by atoms with E-state index < -0.39 is 36.0 Å². The molecule has 0 heterocycles. The third kappa shape index (κ3) is 10.5. The van der Waals surface area contributed by atoms with Crippen LogP contribution < -0.4 is 27.0 Å². The first kappa shape index (κ1) is 24.8. The summed E-state index contributed by atoms with van der Waals surface area (Å²) in [6.45, 7) is 0.541. The Hall–Kier alpha value is -2.24. The van der Waals surface area contributed by atoms with Crippen LogP contribution in [0.1, 0.15) is 32.1 Å². The van der Waals surface area contributed by atoms with Gasteiger partial charge < -0.3 is 37.2 Å². The number of hydrogen-bond acceptors (Lipinski definition) is 7. The average Bonchev–Trinajstić information content (AvgIpc) is 2.61. The molecule has 11 nitrogen and oxygen atoms in total. The first-order valence-corrected chi connectivity index (χ1v) is 8.84. The van der Waals surface area contributed by atoms with Crippen molar-refractivity contribution in [3.05, 3.63) is 0 Å². The standard InChI is InChI=1S/C16H31N5O6/c1-18-10(6-7-13(22)23)15(25)21-11(16(26)27)5-3-4-8-20-14(24)12(9-17)19-2/h10-12,18-19H,3-9,17H2,1-2H3,(H,20,24)(H,21,25)(H,22,23)(H,26,27)/t10-,11?,12-/m0/s1. The lowest BCUT2D eigenvalue weighted by atomic mass is 10.1. The Kier molecular flexibility index (Phi) is 12.7. The van der Waals surface area contributed by atoms with Crippen LogP contribution >= 0.6 is 0 Å². The topological polar surface area (TPSA) is 183 Å². The van der Waals surface area contributed by atoms with Crippen LogP contribution in [0, 0.1) is 0 Å². The smallest absolute Gasteiger partial charge is 0.326 e. The third-order valence-electron chi connectivity index (χ3n) is 4.05. The lowest BCUT2D eigenvalue weighted by Crippen LogP contribution is -2.49. The van der Waals surface area contributed by atoms with Crippen molar-refractivity contribution < 1.29 is 29.4 Å². The van der Waals surface area contributed by atoms with E-state index in [2.05, 4.69) is 21.3 Å². The second-order valence-electron chi connectivity index (χ2n) is 6.04. The zero-order chi connectivity index (χ0) is 20.8. The molecular weight excluding hydrogens is 358 g/mol. The van der Waals surface area contributed by atoms with Crippen molar-refractivity contribution in [1.29, 1.82) is 0 Å². The molecule has 3 atom stereocenters. The highest BCUT2D eigenvalue weighted by Crippen LogP contribution is 2.04. The molecule has 0 rings (SSSR count). The van der Waals surface area contributed by atoms with Gasteiger partial charge in [-0.05, 0) is 39.8 Å². The summed E-state index contributed by atoms with van der Waals surface area (Å²) in [5.41, 5.74) is 5.44. The molecule has 0 aliphatic carbocycles. The number of carbonyl (C=O) groups excluding carboxylic acids is 2. The highest BCUT2D eigenvalue weighted by atomic mass is 16.4. The summed E-state index contributed by atoms with van der Waals surface area (Å²) in [6, 6.07) is -2.33. The van der Waals surface area contributed by atoms with Gasteiger partial charge in [0.15, 0.2) is 0 Å². The van der Waals surface area contributed by atoms with Gasteiger partial charge in [-0.1, -0.05) is 0 Å². The minimum Gasteiger partial charge on any atom is -0.481 e. The van der Waals surface area contributed by atoms with Crippen molar-refractivity contribution in [2.75, 3.05) is 27.2 Å². The number of carboxylic acid groups (broad SMARTS) is 2. The van der Waals surface area contributed by atoms with Gasteiger partial charge in [0.25, 0.3) is 0 Å². The van der Waals surface area contributed by atoms with E-state index in [1.165, 1.54) is 7.05 Å². The SMILES string of the molecule is CN[C@@H](CN)C(=O)NCCCCC(NC(=O)[C@H](CCC(=O)O)NC)C(=O)O. The van der Waals surface area contributed by atoms with Crippen molar-refractivity contribution in [3.8, 4) is 0 Å². The molecule has 11 heteroatoms. The molecule has 0 spiro atoms. The summed E-state index contributed by atoms with van der Waals surface area (Å²) in [5, 5.41) is 28.5. The molecule has 0 aliphatic heterocycles. The zero-order valence-electron chi connectivity index (χ0n) is 15.8. The lowest BCUT2D eigenvalue weighted by Gasteiger charge is -2.20. The van der Waals surface area contributed by atoms with E-state index in [1.807, 2.05) is 0 Å². The summed E-state index contributed by atoms with van der Waals surface area (Å²) < 4.78 is 0. The monoisotopic (exact) mass is 389 g/mol. The Morgan fingerprint density at radius 2 is 1.52 bits per heavy atom. The van der Waals surface area contributed by atoms with E-state index >= 15 is 0 Å². The van der Waals surface area contributed by atoms with Crippen molar-refractivity contribution in [1.82, 2.24) is 21.3 Å². The van der Waals surface area contributed by atoms with Gasteiger partial charge in [-0.3, -0.25) is 14.4 Å². The number of aliphatic carboxylic acids is 2. The second-order valence-corrected chi connectivity index (χ2v) is 6.04. The number of nitrogens with one attached hydrogen (secondary N) is 4. The zero-order valence-corrected chi connectivity index (χ0v) is 15.8. The van der Waals surface area contributed by atoms with Crippen LogP contribution in [0.15, 0.2) is 0 Å². The predicted octanol–water partition coefficient (Wildman–Crippen LogP) is -2.16. The fraction of sp³-hybridized carbons (Fsp3) is 0.750. The molecule has 0 aromatic carbocycles. The lowest BCUT2D eigenvalue weighted by molar-refractivity contribution is -0.142. The van der Waals surface area contributed by atoms with Gasteiger partial charge in [0.2, 0.25) is 11.8 Å². The van der Waals surface area contributed by atoms with Crippen molar-refractivity contribution in [3.63, 3.8) is 0 Å². The number of likely N-dealkylation sites (N-methyl/N-ethyl adjacent to an activating group) is 2. The van der Waals surface area contributed by atoms with E-state index in [0.717, 1.165) is 0 Å². The molecule has 27 heavy (non-hydrogen) atoms. The molecule has 2 amide bonds. The molecule has 0 aromatic heterocycles. The van der Waals surface area contributed by atoms with Gasteiger partial charge in [0, 0.05) is 19.5 Å². The predicted molar refractivity (Wildman–Crippen MR) is 98.0 cm³/mol. The van der Waals surface area contributed by atoms with Gasteiger partial charge in [0.05, 0.1) is 12.1 Å². The Morgan fingerprint density at radius 3 is 2.00 bits per heavy atom. The van der Waals surface area contributed by atoms with Crippen molar-refractivity contribution in [2.24, 2.45) is 5.73 Å². The van der Waals surface area contributed by atoms with E-state index in [9.17, 15) is 24.3 Å². The average molecular weight is 389 g/mol. The number of unbranched alkanes of at least 4 members (excludes halogenated alkanes) is 1. The largest absolute Gasteiger partial charge is 0.481 e. The number of nitrogens with two attached hydrogens (primary N) is 1. The normalized spacial score (nSPS) is 14.0. The number of hydrogen-bond donors (Lipinski definition) is 7. The molecule has 8 N–H and O–H groups in total. The molecule has 0 aromatic rings. The molecule has 0 aliphatic rings. The fourth-order valence-electron chi connectivity index (χ4n) is 2.37. The van der Waals surface area contributed by atoms with Crippen LogP contribution in [0.25, 0.3) is 0 Å². The van der Waals surface area contributed by atoms with Crippen molar-refractivity contribution >= 4 is 23.8 Å². The van der Waals surface area contributed by atoms with Gasteiger partial charge in [-0.2, -0.15) is 0 Å². The molecular formula is C16H31N5O6. The minimum atomic E-state index is -1.17. The molecule has 1 unspecified atom stereocenters. The van der Waals surface area contributed by atoms with Gasteiger partial charge in [-0.15, -0.1) is 0 Å². The van der Waals surface area contributed by atoms with E-state index in [4.69, 9.17) is 10.8 Å². The highest BCUT2D eigenvalue weighted by Gasteiger charge is 2.24. The van der Waals surface area contributed by atoms with Crippen molar-refractivity contribution in [2.45, 2.75) is 50.2 Å². The van der Waals surface area contributed by atoms with Crippen LogP contribution in [-0.4, -0.2) is 79.3 Å². The van der Waals surface area contributed by atoms with E-state index in [0.29, 0.717) is 19.4 Å². The van der Waals surface area contributed by atoms with E-state index in [-0.39, 0.29) is 31.7 Å². The summed E-state index contributed by atoms with van der Waals surface area (Å²) >= 11 is 0. The Morgan fingerprint density at radius 1 is 0.889 bits per heavy atom. The molecule has 0 saturated carbocycles. The van der Waals surface area contributed by atoms with Crippen LogP contribution in [0.4, 0.5) is 0 Å². The quantitative estimate of drug-likeness (QED) is 0.153. The number of rotatable bonds is 15. The van der Waals surface area contributed by atoms with Crippen LogP contribution in [-0.2, 0) is 19.2 Å². The number of carboxylic acids is 2. The van der Waals surface area contributed by atoms with Gasteiger partial charge >= 0.3 is 11.9 Å². The summed E-state index contributed by atoms with van der Waals surface area (Å²) in [6.07, 6.45) is 1.07. The van der Waals surface area contributed by atoms with E-state index in [1.54, 1.807) is 7.05 Å². The molecule has 0 bridgehead atoms. The van der Waals surface area contributed by atoms with Crippen LogP contribution in [0.2, 0.25) is 0 Å². The molecule has 156 valence electrons. The maximum Gasteiger partial charge on any atom is 0.326 e. The fourth-order valence-corrected chi connectivity index (χ4v) is 2.37. The first-order valence-electron chi connectivity index (χ1n) is 8.84. The molecule has 0 saturated heterocycles. The Labute approximate surface area is 158 Å². The Bertz CT molecular complexity index is 498. The second kappa shape index (κ2) is 13.9. The third-order valence-corrected chi connectivity index (χ3v) is 4.05. The number of carbonyl (C=O) groups is 4. The summed E-state index contributed by atoms with van der Waals surface area (Å²) in [7, 11) is 3.14. The number of amides is 2. The van der Waals surface area contributed by atoms with Crippen LogP contribution in [0.5, 0.6) is 0 Å². The summed E-state index contributed by atoms with van der Waals surface area (Å²) in [5.74, 6) is -2.98. The Balaban J connectivity index is 4.33. The molecule has 0 fully saturated rings. The maximum atomic E-state index is 12.1. The molecule has 0 radical (unpaired) electrons. The minimum absolute atomic E-state index is 0.0593. The summed E-state index contributed by atoms with van der Waals surface area (Å²) in [4.78, 5) is 45.8. The van der Waals surface area contributed by atoms with Gasteiger partial charge in [-0.25, -0.2) is 4.79 Å². The van der Waals surface area contributed by atoms with Crippen LogP contribution in [0.3, 0.4) is 0 Å². The first-order chi connectivity index (χ1) is 12.8. The van der Waals surface area contributed by atoms with Gasteiger partial charge in [0.1, 0.15) is 6.04 Å². The highest BCUT2D eigenvalue weighted by molar-refractivity contribution is 5.87. The maximum absolute atomic E-state index is 12.1.